The molecule has 0 aliphatic heterocycles. The highest BCUT2D eigenvalue weighted by Crippen LogP contribution is 2.29. The molecule has 2 N–H and O–H groups in total. The predicted octanol–water partition coefficient (Wildman–Crippen LogP) is 2.37. The summed E-state index contributed by atoms with van der Waals surface area (Å²) in [5.41, 5.74) is 2.17. The van der Waals surface area contributed by atoms with Crippen molar-refractivity contribution >= 4 is 5.91 Å². The van der Waals surface area contributed by atoms with Gasteiger partial charge in [-0.2, -0.15) is 5.10 Å². The number of aromatic amines is 1. The zero-order chi connectivity index (χ0) is 14.1. The lowest BCUT2D eigenvalue weighted by Gasteiger charge is -2.09. The fourth-order valence-electron chi connectivity index (χ4n) is 2.04. The summed E-state index contributed by atoms with van der Waals surface area (Å²) < 4.78 is 0. The van der Waals surface area contributed by atoms with Crippen LogP contribution >= 0.6 is 0 Å². The highest BCUT2D eigenvalue weighted by Gasteiger charge is 2.30. The van der Waals surface area contributed by atoms with Crippen LogP contribution in [-0.4, -0.2) is 21.1 Å². The molecule has 1 heterocycles. The number of nitrogens with zero attached hydrogens (tertiary/aromatic N) is 2. The van der Waals surface area contributed by atoms with Crippen LogP contribution < -0.4 is 5.32 Å². The zero-order valence-electron chi connectivity index (χ0n) is 11.7. The molecular weight excluding hydrogens is 252 g/mol. The van der Waals surface area contributed by atoms with Crippen LogP contribution in [0.2, 0.25) is 0 Å². The van der Waals surface area contributed by atoms with Gasteiger partial charge in [0, 0.05) is 11.5 Å². The Morgan fingerprint density at radius 1 is 1.35 bits per heavy atom. The van der Waals surface area contributed by atoms with Crippen molar-refractivity contribution in [3.8, 4) is 11.4 Å². The third-order valence-corrected chi connectivity index (χ3v) is 3.53. The molecule has 1 amide bonds. The van der Waals surface area contributed by atoms with Crippen LogP contribution in [-0.2, 0) is 4.79 Å². The maximum atomic E-state index is 11.7. The van der Waals surface area contributed by atoms with E-state index in [1.165, 1.54) is 5.56 Å². The van der Waals surface area contributed by atoms with E-state index in [-0.39, 0.29) is 17.9 Å². The predicted molar refractivity (Wildman–Crippen MR) is 75.8 cm³/mol. The standard InChI is InChI=1S/C15H18N4O/c1-9-3-5-11(6-4-9)14-17-13(18-19-14)10(2)16-15(20)12-7-8-12/h3-6,10,12H,7-8H2,1-2H3,(H,16,20)(H,17,18,19). The molecule has 0 saturated heterocycles. The Kier molecular flexibility index (Phi) is 3.26. The Morgan fingerprint density at radius 2 is 2.05 bits per heavy atom. The molecule has 1 saturated carbocycles. The van der Waals surface area contributed by atoms with E-state index < -0.39 is 0 Å². The van der Waals surface area contributed by atoms with Crippen LogP contribution in [0, 0.1) is 12.8 Å². The van der Waals surface area contributed by atoms with Crippen LogP contribution in [0.15, 0.2) is 24.3 Å². The van der Waals surface area contributed by atoms with E-state index >= 15 is 0 Å². The molecule has 1 fully saturated rings. The first-order valence-electron chi connectivity index (χ1n) is 6.93. The second-order valence-corrected chi connectivity index (χ2v) is 5.41. The maximum Gasteiger partial charge on any atom is 0.223 e. The number of amides is 1. The second-order valence-electron chi connectivity index (χ2n) is 5.41. The van der Waals surface area contributed by atoms with Gasteiger partial charge in [-0.15, -0.1) is 0 Å². The van der Waals surface area contributed by atoms with Crippen LogP contribution in [0.25, 0.3) is 11.4 Å². The Bertz CT molecular complexity index is 613. The lowest BCUT2D eigenvalue weighted by Crippen LogP contribution is -2.28. The summed E-state index contributed by atoms with van der Waals surface area (Å²) in [6, 6.07) is 7.91. The smallest absolute Gasteiger partial charge is 0.223 e. The summed E-state index contributed by atoms with van der Waals surface area (Å²) in [7, 11) is 0. The number of rotatable bonds is 4. The lowest BCUT2D eigenvalue weighted by atomic mass is 10.1. The molecule has 1 aromatic carbocycles. The molecule has 1 aliphatic rings. The topological polar surface area (TPSA) is 70.7 Å². The van der Waals surface area contributed by atoms with Gasteiger partial charge in [-0.3, -0.25) is 9.89 Å². The van der Waals surface area contributed by atoms with Crippen molar-refractivity contribution in [1.82, 2.24) is 20.5 Å². The van der Waals surface area contributed by atoms with Crippen molar-refractivity contribution in [3.05, 3.63) is 35.7 Å². The number of carbonyl (C=O) groups is 1. The van der Waals surface area contributed by atoms with E-state index in [0.717, 1.165) is 18.4 Å². The van der Waals surface area contributed by atoms with E-state index in [9.17, 15) is 4.79 Å². The van der Waals surface area contributed by atoms with Gasteiger partial charge in [0.05, 0.1) is 6.04 Å². The largest absolute Gasteiger partial charge is 0.346 e. The average Bonchev–Trinajstić information content (AvgIpc) is 3.17. The first-order valence-corrected chi connectivity index (χ1v) is 6.93. The van der Waals surface area contributed by atoms with Gasteiger partial charge in [0.2, 0.25) is 5.91 Å². The van der Waals surface area contributed by atoms with Gasteiger partial charge < -0.3 is 5.32 Å². The molecule has 1 unspecified atom stereocenters. The molecule has 104 valence electrons. The van der Waals surface area contributed by atoms with Gasteiger partial charge >= 0.3 is 0 Å². The molecular formula is C15H18N4O. The van der Waals surface area contributed by atoms with Crippen LogP contribution in [0.1, 0.15) is 37.2 Å². The number of nitrogens with one attached hydrogen (secondary N) is 2. The highest BCUT2D eigenvalue weighted by atomic mass is 16.2. The molecule has 0 bridgehead atoms. The Balaban J connectivity index is 1.72. The van der Waals surface area contributed by atoms with Crippen LogP contribution in [0.5, 0.6) is 0 Å². The van der Waals surface area contributed by atoms with Gasteiger partial charge in [0.25, 0.3) is 0 Å². The van der Waals surface area contributed by atoms with Gasteiger partial charge in [0.1, 0.15) is 5.82 Å². The third kappa shape index (κ3) is 2.71. The summed E-state index contributed by atoms with van der Waals surface area (Å²) in [6.07, 6.45) is 2.01. The fourth-order valence-corrected chi connectivity index (χ4v) is 2.04. The Morgan fingerprint density at radius 3 is 2.70 bits per heavy atom. The van der Waals surface area contributed by atoms with E-state index in [1.54, 1.807) is 0 Å². The summed E-state index contributed by atoms with van der Waals surface area (Å²) >= 11 is 0. The van der Waals surface area contributed by atoms with Crippen molar-refractivity contribution in [2.24, 2.45) is 5.92 Å². The van der Waals surface area contributed by atoms with Gasteiger partial charge in [0.15, 0.2) is 5.82 Å². The summed E-state index contributed by atoms with van der Waals surface area (Å²) in [5.74, 6) is 1.67. The first kappa shape index (κ1) is 12.8. The molecule has 3 rings (SSSR count). The van der Waals surface area contributed by atoms with E-state index in [4.69, 9.17) is 0 Å². The average molecular weight is 270 g/mol. The van der Waals surface area contributed by atoms with E-state index in [2.05, 4.69) is 20.5 Å². The molecule has 0 radical (unpaired) electrons. The summed E-state index contributed by atoms with van der Waals surface area (Å²) in [5, 5.41) is 10.1. The van der Waals surface area contributed by atoms with Gasteiger partial charge in [-0.05, 0) is 26.7 Å². The van der Waals surface area contributed by atoms with Crippen LogP contribution in [0.3, 0.4) is 0 Å². The van der Waals surface area contributed by atoms with E-state index in [1.807, 2.05) is 38.1 Å². The third-order valence-electron chi connectivity index (χ3n) is 3.53. The molecule has 5 nitrogen and oxygen atoms in total. The van der Waals surface area contributed by atoms with Crippen molar-refractivity contribution < 1.29 is 4.79 Å². The Labute approximate surface area is 117 Å². The van der Waals surface area contributed by atoms with Crippen molar-refractivity contribution in [2.75, 3.05) is 0 Å². The number of aryl methyl sites for hydroxylation is 1. The molecule has 0 spiro atoms. The monoisotopic (exact) mass is 270 g/mol. The zero-order valence-corrected chi connectivity index (χ0v) is 11.7. The van der Waals surface area contributed by atoms with Crippen molar-refractivity contribution in [2.45, 2.75) is 32.7 Å². The number of carbonyl (C=O) groups excluding carboxylic acids is 1. The number of H-pyrrole nitrogens is 1. The normalized spacial score (nSPS) is 15.9. The highest BCUT2D eigenvalue weighted by molar-refractivity contribution is 5.81. The molecule has 20 heavy (non-hydrogen) atoms. The van der Waals surface area contributed by atoms with Crippen LogP contribution in [0.4, 0.5) is 0 Å². The maximum absolute atomic E-state index is 11.7. The second kappa shape index (κ2) is 5.07. The number of hydrogen-bond donors (Lipinski definition) is 2. The minimum absolute atomic E-state index is 0.116. The fraction of sp³-hybridized carbons (Fsp3) is 0.400. The minimum atomic E-state index is -0.144. The van der Waals surface area contributed by atoms with Crippen molar-refractivity contribution in [1.29, 1.82) is 0 Å². The lowest BCUT2D eigenvalue weighted by molar-refractivity contribution is -0.123. The SMILES string of the molecule is Cc1ccc(-c2n[nH]c(C(C)NC(=O)C3CC3)n2)cc1. The van der Waals surface area contributed by atoms with Gasteiger partial charge in [-0.25, -0.2) is 4.98 Å². The number of aromatic nitrogens is 3. The quantitative estimate of drug-likeness (QED) is 0.896. The minimum Gasteiger partial charge on any atom is -0.346 e. The van der Waals surface area contributed by atoms with Gasteiger partial charge in [-0.1, -0.05) is 29.8 Å². The first-order chi connectivity index (χ1) is 9.63. The molecule has 5 heteroatoms. The summed E-state index contributed by atoms with van der Waals surface area (Å²) in [6.45, 7) is 3.96. The molecule has 1 aromatic heterocycles. The number of hydrogen-bond acceptors (Lipinski definition) is 3. The molecule has 1 atom stereocenters. The molecule has 1 aliphatic carbocycles. The summed E-state index contributed by atoms with van der Waals surface area (Å²) in [4.78, 5) is 16.2. The molecule has 2 aromatic rings. The number of benzene rings is 1. The van der Waals surface area contributed by atoms with Crippen molar-refractivity contribution in [3.63, 3.8) is 0 Å². The van der Waals surface area contributed by atoms with E-state index in [0.29, 0.717) is 11.6 Å². The Hall–Kier alpha value is -2.17.